The van der Waals surface area contributed by atoms with Gasteiger partial charge in [0.1, 0.15) is 0 Å². The van der Waals surface area contributed by atoms with E-state index in [2.05, 4.69) is 11.8 Å². The normalized spacial score (nSPS) is 30.5. The standard InChI is InChI=1S/C9H16OS/c1-2-5-11-6-4-9(3-1)7-10-8-9/h1-8H2. The van der Waals surface area contributed by atoms with E-state index in [1.54, 1.807) is 0 Å². The highest BCUT2D eigenvalue weighted by atomic mass is 32.2. The van der Waals surface area contributed by atoms with Crippen molar-refractivity contribution in [3.05, 3.63) is 0 Å². The molecule has 2 rings (SSSR count). The Morgan fingerprint density at radius 2 is 1.91 bits per heavy atom. The van der Waals surface area contributed by atoms with Crippen molar-refractivity contribution in [2.45, 2.75) is 25.7 Å². The smallest absolute Gasteiger partial charge is 0.0545 e. The SMILES string of the molecule is C1CCC2(CCSC1)COC2. The van der Waals surface area contributed by atoms with Gasteiger partial charge >= 0.3 is 0 Å². The van der Waals surface area contributed by atoms with Crippen LogP contribution in [0.15, 0.2) is 0 Å². The number of thioether (sulfide) groups is 1. The maximum absolute atomic E-state index is 5.30. The van der Waals surface area contributed by atoms with Crippen LogP contribution in [0.1, 0.15) is 25.7 Å². The lowest BCUT2D eigenvalue weighted by atomic mass is 9.78. The largest absolute Gasteiger partial charge is 0.380 e. The summed E-state index contributed by atoms with van der Waals surface area (Å²) in [6, 6.07) is 0. The molecule has 2 aliphatic heterocycles. The van der Waals surface area contributed by atoms with Crippen LogP contribution in [-0.2, 0) is 4.74 Å². The fraction of sp³-hybridized carbons (Fsp3) is 1.00. The van der Waals surface area contributed by atoms with Gasteiger partial charge in [0.2, 0.25) is 0 Å². The van der Waals surface area contributed by atoms with E-state index < -0.39 is 0 Å². The van der Waals surface area contributed by atoms with Gasteiger partial charge in [-0.2, -0.15) is 11.8 Å². The van der Waals surface area contributed by atoms with Gasteiger partial charge in [-0.15, -0.1) is 0 Å². The van der Waals surface area contributed by atoms with Crippen LogP contribution in [0.3, 0.4) is 0 Å². The first-order valence-corrected chi connectivity index (χ1v) is 5.72. The molecule has 0 N–H and O–H groups in total. The molecule has 0 unspecified atom stereocenters. The third-order valence-corrected chi connectivity index (χ3v) is 3.91. The van der Waals surface area contributed by atoms with E-state index in [0.29, 0.717) is 5.41 Å². The van der Waals surface area contributed by atoms with Gasteiger partial charge in [0, 0.05) is 5.41 Å². The van der Waals surface area contributed by atoms with Crippen LogP contribution in [0.25, 0.3) is 0 Å². The highest BCUT2D eigenvalue weighted by molar-refractivity contribution is 7.99. The summed E-state index contributed by atoms with van der Waals surface area (Å²) in [7, 11) is 0. The van der Waals surface area contributed by atoms with Crippen LogP contribution in [0.4, 0.5) is 0 Å². The Morgan fingerprint density at radius 3 is 2.64 bits per heavy atom. The Kier molecular flexibility index (Phi) is 2.42. The second-order valence-corrected chi connectivity index (χ2v) is 5.04. The molecule has 0 radical (unpaired) electrons. The number of ether oxygens (including phenoxy) is 1. The molecule has 0 aromatic carbocycles. The van der Waals surface area contributed by atoms with Crippen molar-refractivity contribution in [3.63, 3.8) is 0 Å². The fourth-order valence-corrected chi connectivity index (χ4v) is 3.09. The highest BCUT2D eigenvalue weighted by Crippen LogP contribution is 2.39. The summed E-state index contributed by atoms with van der Waals surface area (Å²) in [6.07, 6.45) is 5.67. The molecule has 0 saturated carbocycles. The van der Waals surface area contributed by atoms with Crippen LogP contribution in [0, 0.1) is 5.41 Å². The second-order valence-electron chi connectivity index (χ2n) is 3.81. The predicted octanol–water partition coefficient (Wildman–Crippen LogP) is 2.31. The maximum Gasteiger partial charge on any atom is 0.0545 e. The molecule has 1 nitrogen and oxygen atoms in total. The van der Waals surface area contributed by atoms with E-state index in [1.807, 2.05) is 0 Å². The van der Waals surface area contributed by atoms with Crippen molar-refractivity contribution in [2.24, 2.45) is 5.41 Å². The summed E-state index contributed by atoms with van der Waals surface area (Å²) in [6.45, 7) is 2.10. The lowest BCUT2D eigenvalue weighted by molar-refractivity contribution is -0.119. The van der Waals surface area contributed by atoms with Gasteiger partial charge in [0.25, 0.3) is 0 Å². The molecule has 0 bridgehead atoms. The van der Waals surface area contributed by atoms with Crippen LogP contribution in [0.2, 0.25) is 0 Å². The van der Waals surface area contributed by atoms with Crippen molar-refractivity contribution >= 4 is 11.8 Å². The minimum Gasteiger partial charge on any atom is -0.380 e. The molecule has 2 aliphatic rings. The van der Waals surface area contributed by atoms with E-state index in [4.69, 9.17) is 4.74 Å². The van der Waals surface area contributed by atoms with Gasteiger partial charge in [-0.3, -0.25) is 0 Å². The minimum atomic E-state index is 0.632. The predicted molar refractivity (Wildman–Crippen MR) is 49.0 cm³/mol. The van der Waals surface area contributed by atoms with Crippen LogP contribution in [0.5, 0.6) is 0 Å². The van der Waals surface area contributed by atoms with Gasteiger partial charge in [-0.05, 0) is 30.8 Å². The van der Waals surface area contributed by atoms with E-state index in [1.165, 1.54) is 37.2 Å². The summed E-state index contributed by atoms with van der Waals surface area (Å²) >= 11 is 2.13. The van der Waals surface area contributed by atoms with E-state index in [-0.39, 0.29) is 0 Å². The molecule has 2 heterocycles. The van der Waals surface area contributed by atoms with Crippen molar-refractivity contribution in [3.8, 4) is 0 Å². The maximum atomic E-state index is 5.30. The molecule has 0 aromatic heterocycles. The van der Waals surface area contributed by atoms with Crippen LogP contribution < -0.4 is 0 Å². The Morgan fingerprint density at radius 1 is 1.00 bits per heavy atom. The van der Waals surface area contributed by atoms with Crippen molar-refractivity contribution in [1.82, 2.24) is 0 Å². The third kappa shape index (κ3) is 1.73. The average Bonchev–Trinajstić information content (AvgIpc) is 1.82. The quantitative estimate of drug-likeness (QED) is 0.554. The molecule has 1 spiro atoms. The first-order chi connectivity index (χ1) is 5.41. The monoisotopic (exact) mass is 172 g/mol. The lowest BCUT2D eigenvalue weighted by Gasteiger charge is -2.42. The van der Waals surface area contributed by atoms with Crippen molar-refractivity contribution in [1.29, 1.82) is 0 Å². The van der Waals surface area contributed by atoms with Crippen molar-refractivity contribution < 1.29 is 4.74 Å². The van der Waals surface area contributed by atoms with Gasteiger partial charge in [0.05, 0.1) is 13.2 Å². The first kappa shape index (κ1) is 7.93. The zero-order valence-electron chi connectivity index (χ0n) is 6.97. The third-order valence-electron chi connectivity index (χ3n) is 2.84. The molecular formula is C9H16OS. The molecule has 0 aliphatic carbocycles. The van der Waals surface area contributed by atoms with Crippen LogP contribution >= 0.6 is 11.8 Å². The first-order valence-electron chi connectivity index (χ1n) is 4.57. The number of hydrogen-bond acceptors (Lipinski definition) is 2. The lowest BCUT2D eigenvalue weighted by Crippen LogP contribution is -2.43. The summed E-state index contributed by atoms with van der Waals surface area (Å²) in [5.74, 6) is 2.75. The van der Waals surface area contributed by atoms with E-state index >= 15 is 0 Å². The molecule has 0 aromatic rings. The summed E-state index contributed by atoms with van der Waals surface area (Å²) in [4.78, 5) is 0. The number of rotatable bonds is 0. The van der Waals surface area contributed by atoms with Gasteiger partial charge in [-0.1, -0.05) is 6.42 Å². The Bertz CT molecular complexity index is 122. The summed E-state index contributed by atoms with van der Waals surface area (Å²) < 4.78 is 5.30. The summed E-state index contributed by atoms with van der Waals surface area (Å²) in [5.41, 5.74) is 0.632. The molecule has 11 heavy (non-hydrogen) atoms. The Balaban J connectivity index is 1.86. The summed E-state index contributed by atoms with van der Waals surface area (Å²) in [5, 5.41) is 0. The zero-order chi connectivity index (χ0) is 7.57. The molecule has 2 fully saturated rings. The van der Waals surface area contributed by atoms with E-state index in [9.17, 15) is 0 Å². The molecule has 64 valence electrons. The van der Waals surface area contributed by atoms with Gasteiger partial charge in [0.15, 0.2) is 0 Å². The average molecular weight is 172 g/mol. The minimum absolute atomic E-state index is 0.632. The second kappa shape index (κ2) is 3.36. The fourth-order valence-electron chi connectivity index (χ4n) is 1.90. The molecule has 2 heteroatoms. The van der Waals surface area contributed by atoms with Gasteiger partial charge in [-0.25, -0.2) is 0 Å². The Hall–Kier alpha value is 0.310. The Labute approximate surface area is 72.9 Å². The molecular weight excluding hydrogens is 156 g/mol. The zero-order valence-corrected chi connectivity index (χ0v) is 7.79. The van der Waals surface area contributed by atoms with Crippen molar-refractivity contribution in [2.75, 3.05) is 24.7 Å². The topological polar surface area (TPSA) is 9.23 Å². The van der Waals surface area contributed by atoms with Gasteiger partial charge < -0.3 is 4.74 Å². The molecule has 0 atom stereocenters. The molecule has 2 saturated heterocycles. The highest BCUT2D eigenvalue weighted by Gasteiger charge is 2.37. The van der Waals surface area contributed by atoms with Crippen LogP contribution in [-0.4, -0.2) is 24.7 Å². The van der Waals surface area contributed by atoms with E-state index in [0.717, 1.165) is 13.2 Å². The molecule has 0 amide bonds. The number of hydrogen-bond donors (Lipinski definition) is 0.